The summed E-state index contributed by atoms with van der Waals surface area (Å²) in [5.74, 6) is -2.45. The Labute approximate surface area is 304 Å². The van der Waals surface area contributed by atoms with Crippen LogP contribution in [0.25, 0.3) is 22.5 Å². The molecule has 276 valence electrons. The van der Waals surface area contributed by atoms with Gasteiger partial charge in [0, 0.05) is 49.8 Å². The zero-order valence-corrected chi connectivity index (χ0v) is 30.5. The number of anilines is 1. The molecule has 0 unspecified atom stereocenters. The summed E-state index contributed by atoms with van der Waals surface area (Å²) in [6.45, 7) is 5.32. The van der Waals surface area contributed by atoms with Gasteiger partial charge in [0.05, 0.1) is 6.04 Å². The quantitative estimate of drug-likeness (QED) is 0.293. The van der Waals surface area contributed by atoms with Crippen LogP contribution in [0.2, 0.25) is 0 Å². The first-order chi connectivity index (χ1) is 24.8. The molecule has 13 nitrogen and oxygen atoms in total. The minimum Gasteiger partial charge on any atom is -0.479 e. The van der Waals surface area contributed by atoms with E-state index in [1.165, 1.54) is 4.90 Å². The van der Waals surface area contributed by atoms with Crippen LogP contribution in [0.1, 0.15) is 71.8 Å². The van der Waals surface area contributed by atoms with Gasteiger partial charge in [-0.15, -0.1) is 0 Å². The van der Waals surface area contributed by atoms with Gasteiger partial charge in [0.2, 0.25) is 11.8 Å². The van der Waals surface area contributed by atoms with Gasteiger partial charge in [0.15, 0.2) is 0 Å². The Morgan fingerprint density at radius 2 is 1.65 bits per heavy atom. The van der Waals surface area contributed by atoms with Crippen molar-refractivity contribution in [2.75, 3.05) is 25.5 Å². The van der Waals surface area contributed by atoms with Gasteiger partial charge in [-0.25, -0.2) is 9.59 Å². The fourth-order valence-electron chi connectivity index (χ4n) is 7.08. The average Bonchev–Trinajstić information content (AvgIpc) is 3.40. The maximum absolute atomic E-state index is 14.5. The number of benzene rings is 2. The zero-order valence-electron chi connectivity index (χ0n) is 30.5. The molecule has 2 fully saturated rings. The third kappa shape index (κ3) is 7.98. The highest BCUT2D eigenvalue weighted by Gasteiger charge is 2.61. The number of hydrogen-bond acceptors (Lipinski definition) is 8. The lowest BCUT2D eigenvalue weighted by Crippen LogP contribution is -2.56. The molecule has 0 radical (unpaired) electrons. The number of amides is 3. The predicted molar refractivity (Wildman–Crippen MR) is 196 cm³/mol. The zero-order chi connectivity index (χ0) is 37.2. The van der Waals surface area contributed by atoms with Gasteiger partial charge < -0.3 is 30.3 Å². The van der Waals surface area contributed by atoms with E-state index in [-0.39, 0.29) is 25.3 Å². The van der Waals surface area contributed by atoms with Crippen molar-refractivity contribution in [2.45, 2.75) is 95.0 Å². The normalized spacial score (nSPS) is 25.2. The predicted octanol–water partition coefficient (Wildman–Crippen LogP) is 5.19. The van der Waals surface area contributed by atoms with E-state index < -0.39 is 53.1 Å². The standard InChI is InChI=1S/C39H49N7O6/c1-38(2,3)52-37(51)40-30-17-13-8-6-7-12-16-27-23-39(27,36(49)50)41-34(47)31-22-29(24-45(31)35(30)48)46-42-32(25-14-10-9-11-15-25)33(43-46)26-18-20-28(21-19-26)44(4)5/h9-12,14-16,18-21,27,29-31H,6-8,13,17,22-24H2,1-5H3,(H,40,51)(H,41,47)(H,49,50)/t27-,29+,30-,31+,39+/m1/s1. The SMILES string of the molecule is CN(C)c1ccc(-c2nn([C@H]3C[C@H]4C(=O)N[C@@]5(C(=O)O)C[C@H]5C=CCCCCC[C@@H](NC(=O)OC(C)(C)C)C(=O)N4C3)nc2-c2ccccc2)cc1. The largest absolute Gasteiger partial charge is 0.479 e. The monoisotopic (exact) mass is 711 g/mol. The number of carbonyl (C=O) groups is 4. The Balaban J connectivity index is 1.37. The summed E-state index contributed by atoms with van der Waals surface area (Å²) in [6, 6.07) is 15.2. The number of allylic oxidation sites excluding steroid dienone is 1. The second-order valence-electron chi connectivity index (χ2n) is 15.3. The molecule has 1 aliphatic carbocycles. The number of nitrogens with zero attached hydrogens (tertiary/aromatic N) is 5. The van der Waals surface area contributed by atoms with Crippen LogP contribution in [0.4, 0.5) is 10.5 Å². The van der Waals surface area contributed by atoms with Gasteiger partial charge in [-0.3, -0.25) is 9.59 Å². The molecule has 2 aliphatic heterocycles. The van der Waals surface area contributed by atoms with E-state index >= 15 is 0 Å². The van der Waals surface area contributed by atoms with Gasteiger partial charge >= 0.3 is 12.1 Å². The maximum atomic E-state index is 14.5. The molecule has 2 aromatic carbocycles. The third-order valence-corrected chi connectivity index (χ3v) is 9.99. The Kier molecular flexibility index (Phi) is 10.4. The van der Waals surface area contributed by atoms with Crippen LogP contribution in [-0.4, -0.2) is 92.7 Å². The Morgan fingerprint density at radius 1 is 0.981 bits per heavy atom. The lowest BCUT2D eigenvalue weighted by Gasteiger charge is -2.30. The van der Waals surface area contributed by atoms with Crippen molar-refractivity contribution in [2.24, 2.45) is 5.92 Å². The highest BCUT2D eigenvalue weighted by atomic mass is 16.6. The molecule has 1 aromatic heterocycles. The van der Waals surface area contributed by atoms with Crippen LogP contribution in [0, 0.1) is 5.92 Å². The number of rotatable bonds is 6. The number of fused-ring (bicyclic) bond motifs is 2. The molecule has 3 N–H and O–H groups in total. The molecule has 52 heavy (non-hydrogen) atoms. The minimum absolute atomic E-state index is 0.0781. The minimum atomic E-state index is -1.44. The number of aliphatic carboxylic acids is 1. The summed E-state index contributed by atoms with van der Waals surface area (Å²) in [7, 11) is 3.95. The van der Waals surface area contributed by atoms with Crippen molar-refractivity contribution in [3.05, 3.63) is 66.7 Å². The first-order valence-electron chi connectivity index (χ1n) is 18.1. The van der Waals surface area contributed by atoms with Crippen LogP contribution in [0.3, 0.4) is 0 Å². The molecule has 3 aliphatic rings. The van der Waals surface area contributed by atoms with E-state index in [1.54, 1.807) is 25.6 Å². The highest BCUT2D eigenvalue weighted by Crippen LogP contribution is 2.45. The maximum Gasteiger partial charge on any atom is 0.408 e. The summed E-state index contributed by atoms with van der Waals surface area (Å²) in [4.78, 5) is 59.2. The first-order valence-corrected chi connectivity index (χ1v) is 18.1. The van der Waals surface area contributed by atoms with Crippen molar-refractivity contribution in [3.8, 4) is 22.5 Å². The second-order valence-corrected chi connectivity index (χ2v) is 15.3. The Hall–Kier alpha value is -5.20. The van der Waals surface area contributed by atoms with E-state index in [1.807, 2.05) is 85.7 Å². The lowest BCUT2D eigenvalue weighted by molar-refractivity contribution is -0.145. The summed E-state index contributed by atoms with van der Waals surface area (Å²) < 4.78 is 5.52. The Bertz CT molecular complexity index is 1820. The van der Waals surface area contributed by atoms with E-state index in [9.17, 15) is 24.3 Å². The van der Waals surface area contributed by atoms with Crippen LogP contribution >= 0.6 is 0 Å². The van der Waals surface area contributed by atoms with Crippen LogP contribution in [-0.2, 0) is 19.1 Å². The number of carbonyl (C=O) groups excluding carboxylic acids is 3. The van der Waals surface area contributed by atoms with Crippen LogP contribution < -0.4 is 15.5 Å². The van der Waals surface area contributed by atoms with Gasteiger partial charge in [-0.2, -0.15) is 15.0 Å². The van der Waals surface area contributed by atoms with E-state index in [2.05, 4.69) is 10.6 Å². The van der Waals surface area contributed by atoms with Gasteiger partial charge in [-0.1, -0.05) is 67.5 Å². The number of nitrogens with one attached hydrogen (secondary N) is 2. The molecule has 3 amide bonds. The fraction of sp³-hybridized carbons (Fsp3) is 0.487. The third-order valence-electron chi connectivity index (χ3n) is 9.99. The van der Waals surface area contributed by atoms with Crippen LogP contribution in [0.5, 0.6) is 0 Å². The summed E-state index contributed by atoms with van der Waals surface area (Å²) >= 11 is 0. The summed E-state index contributed by atoms with van der Waals surface area (Å²) in [5, 5.41) is 25.8. The number of carboxylic acids is 1. The van der Waals surface area contributed by atoms with E-state index in [0.29, 0.717) is 24.2 Å². The van der Waals surface area contributed by atoms with Gasteiger partial charge in [0.25, 0.3) is 0 Å². The number of hydrogen-bond donors (Lipinski definition) is 3. The topological polar surface area (TPSA) is 159 Å². The molecule has 0 spiro atoms. The van der Waals surface area contributed by atoms with Crippen molar-refractivity contribution in [3.63, 3.8) is 0 Å². The smallest absolute Gasteiger partial charge is 0.408 e. The first kappa shape index (κ1) is 36.6. The number of ether oxygens (including phenoxy) is 1. The lowest BCUT2D eigenvalue weighted by atomic mass is 10.0. The number of aromatic nitrogens is 3. The molecule has 0 bridgehead atoms. The summed E-state index contributed by atoms with van der Waals surface area (Å²) in [6.07, 6.45) is 6.96. The molecule has 6 rings (SSSR count). The van der Waals surface area contributed by atoms with Gasteiger partial charge in [-0.05, 0) is 58.6 Å². The van der Waals surface area contributed by atoms with E-state index in [0.717, 1.165) is 36.1 Å². The van der Waals surface area contributed by atoms with Crippen LogP contribution in [0.15, 0.2) is 66.7 Å². The molecular weight excluding hydrogens is 662 g/mol. The molecule has 5 atom stereocenters. The van der Waals surface area contributed by atoms with Crippen molar-refractivity contribution < 1.29 is 29.0 Å². The molecule has 1 saturated heterocycles. The Morgan fingerprint density at radius 3 is 2.29 bits per heavy atom. The summed E-state index contributed by atoms with van der Waals surface area (Å²) in [5.41, 5.74) is 1.84. The van der Waals surface area contributed by atoms with Crippen molar-refractivity contribution >= 4 is 29.6 Å². The highest BCUT2D eigenvalue weighted by molar-refractivity contribution is 5.96. The number of carboxylic acid groups (broad SMARTS) is 1. The fourth-order valence-corrected chi connectivity index (χ4v) is 7.08. The molecule has 13 heteroatoms. The average molecular weight is 712 g/mol. The number of alkyl carbamates (subject to hydrolysis) is 1. The van der Waals surface area contributed by atoms with Crippen molar-refractivity contribution in [1.29, 1.82) is 0 Å². The molecule has 3 aromatic rings. The molecule has 3 heterocycles. The van der Waals surface area contributed by atoms with Gasteiger partial charge in [0.1, 0.15) is 34.6 Å². The van der Waals surface area contributed by atoms with E-state index in [4.69, 9.17) is 14.9 Å². The second kappa shape index (κ2) is 14.8. The molecular formula is C39H49N7O6. The molecule has 1 saturated carbocycles. The van der Waals surface area contributed by atoms with Crippen molar-refractivity contribution in [1.82, 2.24) is 30.5 Å².